The van der Waals surface area contributed by atoms with Gasteiger partial charge in [0.25, 0.3) is 0 Å². The van der Waals surface area contributed by atoms with E-state index in [1.54, 1.807) is 5.57 Å². The summed E-state index contributed by atoms with van der Waals surface area (Å²) in [7, 11) is 0. The van der Waals surface area contributed by atoms with Crippen molar-refractivity contribution in [3.05, 3.63) is 11.6 Å². The number of fused-ring (bicyclic) bond motifs is 5. The van der Waals surface area contributed by atoms with Crippen LogP contribution in [-0.2, 0) is 0 Å². The van der Waals surface area contributed by atoms with Gasteiger partial charge in [0.1, 0.15) is 0 Å². The van der Waals surface area contributed by atoms with Gasteiger partial charge in [0.2, 0.25) is 0 Å². The zero-order valence-electron chi connectivity index (χ0n) is 19.3. The van der Waals surface area contributed by atoms with Crippen molar-refractivity contribution in [2.45, 2.75) is 111 Å². The highest BCUT2D eigenvalue weighted by atomic mass is 16.3. The highest BCUT2D eigenvalue weighted by Crippen LogP contribution is 2.67. The van der Waals surface area contributed by atoms with Crippen LogP contribution in [0.2, 0.25) is 0 Å². The van der Waals surface area contributed by atoms with Crippen LogP contribution in [0.15, 0.2) is 11.6 Å². The molecule has 0 aromatic rings. The fraction of sp³-hybridized carbons (Fsp3) is 0.926. The average molecular weight is 388 g/mol. The lowest BCUT2D eigenvalue weighted by Gasteiger charge is -2.58. The van der Waals surface area contributed by atoms with Gasteiger partial charge in [-0.05, 0) is 97.7 Å². The first-order valence-electron chi connectivity index (χ1n) is 12.6. The van der Waals surface area contributed by atoms with Crippen molar-refractivity contribution in [3.63, 3.8) is 0 Å². The van der Waals surface area contributed by atoms with Gasteiger partial charge in [0.05, 0.1) is 6.10 Å². The van der Waals surface area contributed by atoms with E-state index in [9.17, 15) is 5.11 Å². The molecule has 28 heavy (non-hydrogen) atoms. The van der Waals surface area contributed by atoms with Gasteiger partial charge in [0.15, 0.2) is 0 Å². The predicted octanol–water partition coefficient (Wildman–Crippen LogP) is 7.39. The van der Waals surface area contributed by atoms with Crippen LogP contribution >= 0.6 is 0 Å². The fourth-order valence-corrected chi connectivity index (χ4v) is 8.67. The molecule has 0 aromatic heterocycles. The summed E-state index contributed by atoms with van der Waals surface area (Å²) < 4.78 is 0. The van der Waals surface area contributed by atoms with Crippen molar-refractivity contribution >= 4 is 0 Å². The Balaban J connectivity index is 1.49. The SMILES string of the molecule is CC(C)CCC[C@@H](C)[C@H]1CC[C@H]2[C@@H]3CC=C4C[13C@@H](O)CC[C@]4(C)[C@H]3CC[C@]12C. The molecular weight excluding hydrogens is 341 g/mol. The highest BCUT2D eigenvalue weighted by molar-refractivity contribution is 5.25. The minimum Gasteiger partial charge on any atom is -0.393 e. The third-order valence-corrected chi connectivity index (χ3v) is 10.3. The minimum absolute atomic E-state index is 0.0766. The van der Waals surface area contributed by atoms with Crippen LogP contribution in [0.25, 0.3) is 0 Å². The van der Waals surface area contributed by atoms with Gasteiger partial charge in [-0.25, -0.2) is 0 Å². The topological polar surface area (TPSA) is 20.2 Å². The van der Waals surface area contributed by atoms with E-state index in [0.29, 0.717) is 10.8 Å². The van der Waals surface area contributed by atoms with Crippen LogP contribution < -0.4 is 0 Å². The summed E-state index contributed by atoms with van der Waals surface area (Å²) >= 11 is 0. The monoisotopic (exact) mass is 387 g/mol. The van der Waals surface area contributed by atoms with Crippen LogP contribution in [0, 0.1) is 46.3 Å². The van der Waals surface area contributed by atoms with Gasteiger partial charge in [-0.15, -0.1) is 0 Å². The van der Waals surface area contributed by atoms with Crippen molar-refractivity contribution in [3.8, 4) is 0 Å². The minimum atomic E-state index is -0.0766. The van der Waals surface area contributed by atoms with Crippen LogP contribution in [0.3, 0.4) is 0 Å². The van der Waals surface area contributed by atoms with Gasteiger partial charge in [0, 0.05) is 0 Å². The second-order valence-electron chi connectivity index (χ2n) is 12.2. The van der Waals surface area contributed by atoms with E-state index in [1.165, 1.54) is 57.8 Å². The molecule has 4 aliphatic carbocycles. The predicted molar refractivity (Wildman–Crippen MR) is 119 cm³/mol. The second kappa shape index (κ2) is 7.75. The number of allylic oxidation sites excluding steroid dienone is 1. The lowest BCUT2D eigenvalue weighted by Crippen LogP contribution is -2.50. The fourth-order valence-electron chi connectivity index (χ4n) is 8.67. The largest absolute Gasteiger partial charge is 0.393 e. The van der Waals surface area contributed by atoms with Crippen LogP contribution in [0.1, 0.15) is 105 Å². The van der Waals surface area contributed by atoms with E-state index in [2.05, 4.69) is 40.7 Å². The Morgan fingerprint density at radius 1 is 1.00 bits per heavy atom. The molecule has 3 fully saturated rings. The summed E-state index contributed by atoms with van der Waals surface area (Å²) in [5.41, 5.74) is 2.60. The summed E-state index contributed by atoms with van der Waals surface area (Å²) in [5, 5.41) is 10.2. The normalized spacial score (nSPS) is 46.5. The van der Waals surface area contributed by atoms with Crippen molar-refractivity contribution in [2.24, 2.45) is 46.3 Å². The summed E-state index contributed by atoms with van der Waals surface area (Å²) in [6, 6.07) is 0. The molecule has 4 rings (SSSR count). The Morgan fingerprint density at radius 3 is 2.54 bits per heavy atom. The number of aliphatic hydroxyl groups is 1. The van der Waals surface area contributed by atoms with E-state index >= 15 is 0 Å². The van der Waals surface area contributed by atoms with Gasteiger partial charge in [-0.3, -0.25) is 0 Å². The summed E-state index contributed by atoms with van der Waals surface area (Å²) in [6.45, 7) is 12.6. The average Bonchev–Trinajstić information content (AvgIpc) is 2.99. The maximum Gasteiger partial charge on any atom is 0.0577 e. The van der Waals surface area contributed by atoms with E-state index in [0.717, 1.165) is 48.3 Å². The molecule has 0 aromatic carbocycles. The molecule has 0 saturated heterocycles. The Labute approximate surface area is 174 Å². The third kappa shape index (κ3) is 3.42. The zero-order chi connectivity index (χ0) is 20.1. The standard InChI is InChI=1S/C27H46O/c1-18(2)7-6-8-19(3)23-11-12-24-22-10-9-20-17-21(28)13-15-26(20,4)25(22)14-16-27(23,24)5/h9,18-19,21-25,28H,6-8,10-17H2,1-5H3/t19-,21+,22+,23-,24+,25+,26+,27-/m1/s1/i21+1. The maximum absolute atomic E-state index is 10.2. The molecule has 0 aliphatic heterocycles. The van der Waals surface area contributed by atoms with Crippen LogP contribution in [0.5, 0.6) is 0 Å². The molecule has 0 amide bonds. The molecule has 3 saturated carbocycles. The Morgan fingerprint density at radius 2 is 1.79 bits per heavy atom. The summed E-state index contributed by atoms with van der Waals surface area (Å²) in [4.78, 5) is 0. The molecule has 0 radical (unpaired) electrons. The van der Waals surface area contributed by atoms with E-state index in [4.69, 9.17) is 0 Å². The van der Waals surface area contributed by atoms with Crippen LogP contribution in [0.4, 0.5) is 0 Å². The molecule has 4 aliphatic rings. The molecule has 0 unspecified atom stereocenters. The number of aliphatic hydroxyl groups excluding tert-OH is 1. The first-order chi connectivity index (χ1) is 13.3. The van der Waals surface area contributed by atoms with E-state index in [-0.39, 0.29) is 6.10 Å². The smallest absolute Gasteiger partial charge is 0.0577 e. The molecule has 1 heteroatoms. The Hall–Kier alpha value is -0.300. The third-order valence-electron chi connectivity index (χ3n) is 10.3. The van der Waals surface area contributed by atoms with Gasteiger partial charge in [-0.2, -0.15) is 0 Å². The summed E-state index contributed by atoms with van der Waals surface area (Å²) in [6.07, 6.45) is 17.2. The Bertz CT molecular complexity index is 591. The molecule has 0 spiro atoms. The molecule has 0 bridgehead atoms. The second-order valence-corrected chi connectivity index (χ2v) is 12.2. The van der Waals surface area contributed by atoms with Gasteiger partial charge < -0.3 is 5.11 Å². The van der Waals surface area contributed by atoms with Gasteiger partial charge in [-0.1, -0.05) is 65.5 Å². The molecule has 1 nitrogen and oxygen atoms in total. The van der Waals surface area contributed by atoms with Crippen molar-refractivity contribution in [2.75, 3.05) is 0 Å². The lowest BCUT2D eigenvalue weighted by atomic mass is 9.47. The number of rotatable bonds is 5. The lowest BCUT2D eigenvalue weighted by molar-refractivity contribution is -0.0573. The van der Waals surface area contributed by atoms with Crippen molar-refractivity contribution in [1.29, 1.82) is 0 Å². The molecule has 8 atom stereocenters. The van der Waals surface area contributed by atoms with E-state index in [1.807, 2.05) is 0 Å². The van der Waals surface area contributed by atoms with Crippen molar-refractivity contribution < 1.29 is 5.11 Å². The number of hydrogen-bond acceptors (Lipinski definition) is 1. The van der Waals surface area contributed by atoms with Crippen molar-refractivity contribution in [1.82, 2.24) is 0 Å². The van der Waals surface area contributed by atoms with E-state index < -0.39 is 0 Å². The quantitative estimate of drug-likeness (QED) is 0.385. The molecular formula is C27H46O. The van der Waals surface area contributed by atoms with Crippen LogP contribution in [-0.4, -0.2) is 11.2 Å². The number of hydrogen-bond donors (Lipinski definition) is 1. The molecule has 1 N–H and O–H groups in total. The zero-order valence-corrected chi connectivity index (χ0v) is 19.3. The van der Waals surface area contributed by atoms with Gasteiger partial charge >= 0.3 is 0 Å². The summed E-state index contributed by atoms with van der Waals surface area (Å²) in [5.74, 6) is 5.46. The highest BCUT2D eigenvalue weighted by Gasteiger charge is 2.59. The molecule has 160 valence electrons. The first kappa shape index (κ1) is 21.0. The maximum atomic E-state index is 10.2. The molecule has 0 heterocycles. The Kier molecular flexibility index (Phi) is 5.80. The first-order valence-corrected chi connectivity index (χ1v) is 12.6.